The molecule has 7 nitrogen and oxygen atoms in total. The first-order valence-corrected chi connectivity index (χ1v) is 8.84. The molecule has 0 unspecified atom stereocenters. The third-order valence-corrected chi connectivity index (χ3v) is 4.62. The third kappa shape index (κ3) is 5.03. The Hall–Kier alpha value is -2.41. The van der Waals surface area contributed by atoms with Gasteiger partial charge in [-0.15, -0.1) is 0 Å². The molecule has 1 fully saturated rings. The Morgan fingerprint density at radius 2 is 2.00 bits per heavy atom. The Bertz CT molecular complexity index is 664. The Balaban J connectivity index is 1.35. The van der Waals surface area contributed by atoms with Crippen molar-refractivity contribution >= 4 is 6.03 Å². The second kappa shape index (κ2) is 8.62. The summed E-state index contributed by atoms with van der Waals surface area (Å²) in [5.41, 5.74) is 2.70. The molecular weight excluding hydrogens is 316 g/mol. The molecule has 1 saturated heterocycles. The number of nitrogens with one attached hydrogen (secondary N) is 1. The Kier molecular flexibility index (Phi) is 6.00. The molecule has 2 heterocycles. The van der Waals surface area contributed by atoms with Crippen LogP contribution in [-0.4, -0.2) is 63.3 Å². The average molecular weight is 342 g/mol. The minimum absolute atomic E-state index is 0.0362. The molecule has 2 aromatic rings. The first kappa shape index (κ1) is 17.4. The molecule has 0 atom stereocenters. The van der Waals surface area contributed by atoms with Crippen molar-refractivity contribution in [3.63, 3.8) is 0 Å². The lowest BCUT2D eigenvalue weighted by Gasteiger charge is -2.35. The fourth-order valence-electron chi connectivity index (χ4n) is 3.03. The molecule has 0 bridgehead atoms. The lowest BCUT2D eigenvalue weighted by atomic mass is 10.1. The van der Waals surface area contributed by atoms with Crippen LogP contribution in [0.1, 0.15) is 17.5 Å². The van der Waals surface area contributed by atoms with E-state index in [2.05, 4.69) is 51.5 Å². The van der Waals surface area contributed by atoms with Crippen LogP contribution in [0.3, 0.4) is 0 Å². The molecule has 0 radical (unpaired) electrons. The number of aryl methyl sites for hydroxylation is 2. The Morgan fingerprint density at radius 1 is 1.20 bits per heavy atom. The zero-order valence-corrected chi connectivity index (χ0v) is 14.8. The third-order valence-electron chi connectivity index (χ3n) is 4.62. The van der Waals surface area contributed by atoms with Gasteiger partial charge >= 0.3 is 6.03 Å². The lowest BCUT2D eigenvalue weighted by molar-refractivity contribution is 0.135. The summed E-state index contributed by atoms with van der Waals surface area (Å²) in [6, 6.07) is 8.53. The molecule has 1 aromatic heterocycles. The minimum Gasteiger partial charge on any atom is -0.338 e. The minimum atomic E-state index is 0.0362. The average Bonchev–Trinajstić information content (AvgIpc) is 3.15. The number of rotatable bonds is 6. The molecule has 7 heteroatoms. The summed E-state index contributed by atoms with van der Waals surface area (Å²) in [7, 11) is 0. The van der Waals surface area contributed by atoms with Crippen LogP contribution >= 0.6 is 0 Å². The first-order chi connectivity index (χ1) is 12.2. The molecular formula is C18H26N6O. The van der Waals surface area contributed by atoms with Gasteiger partial charge < -0.3 is 10.2 Å². The number of amides is 2. The van der Waals surface area contributed by atoms with Crippen LogP contribution in [0.25, 0.3) is 0 Å². The van der Waals surface area contributed by atoms with Crippen LogP contribution in [0, 0.1) is 6.92 Å². The van der Waals surface area contributed by atoms with E-state index in [1.165, 1.54) is 17.5 Å². The summed E-state index contributed by atoms with van der Waals surface area (Å²) in [6.45, 7) is 7.92. The highest BCUT2D eigenvalue weighted by Crippen LogP contribution is 2.12. The number of urea groups is 1. The highest BCUT2D eigenvalue weighted by Gasteiger charge is 2.20. The van der Waals surface area contributed by atoms with Crippen LogP contribution in [0.2, 0.25) is 0 Å². The summed E-state index contributed by atoms with van der Waals surface area (Å²) in [5, 5.41) is 7.04. The second-order valence-corrected chi connectivity index (χ2v) is 6.43. The monoisotopic (exact) mass is 342 g/mol. The number of aromatic nitrogens is 3. The first-order valence-electron chi connectivity index (χ1n) is 8.84. The maximum Gasteiger partial charge on any atom is 0.317 e. The van der Waals surface area contributed by atoms with Gasteiger partial charge in [0.1, 0.15) is 12.7 Å². The van der Waals surface area contributed by atoms with Crippen LogP contribution in [0.15, 0.2) is 36.9 Å². The van der Waals surface area contributed by atoms with E-state index in [0.29, 0.717) is 6.54 Å². The largest absolute Gasteiger partial charge is 0.338 e. The van der Waals surface area contributed by atoms with Crippen LogP contribution in [-0.2, 0) is 13.1 Å². The topological polar surface area (TPSA) is 66.3 Å². The molecule has 1 N–H and O–H groups in total. The van der Waals surface area contributed by atoms with Gasteiger partial charge in [-0.3, -0.25) is 9.58 Å². The van der Waals surface area contributed by atoms with E-state index in [9.17, 15) is 4.79 Å². The summed E-state index contributed by atoms with van der Waals surface area (Å²) in [4.78, 5) is 20.5. The van der Waals surface area contributed by atoms with Gasteiger partial charge in [0.25, 0.3) is 0 Å². The second-order valence-electron chi connectivity index (χ2n) is 6.43. The van der Waals surface area contributed by atoms with Crippen molar-refractivity contribution in [1.82, 2.24) is 29.9 Å². The van der Waals surface area contributed by atoms with E-state index in [-0.39, 0.29) is 6.03 Å². The zero-order valence-electron chi connectivity index (χ0n) is 14.8. The van der Waals surface area contributed by atoms with Crippen molar-refractivity contribution in [3.05, 3.63) is 48.0 Å². The van der Waals surface area contributed by atoms with Gasteiger partial charge in [0, 0.05) is 45.8 Å². The van der Waals surface area contributed by atoms with E-state index >= 15 is 0 Å². The fraction of sp³-hybridized carbons (Fsp3) is 0.500. The quantitative estimate of drug-likeness (QED) is 0.808. The van der Waals surface area contributed by atoms with Crippen molar-refractivity contribution in [2.24, 2.45) is 0 Å². The van der Waals surface area contributed by atoms with E-state index in [1.54, 1.807) is 11.0 Å². The summed E-state index contributed by atoms with van der Waals surface area (Å²) < 4.78 is 1.77. The van der Waals surface area contributed by atoms with E-state index in [4.69, 9.17) is 0 Å². The zero-order chi connectivity index (χ0) is 17.5. The van der Waals surface area contributed by atoms with E-state index in [0.717, 1.165) is 45.7 Å². The molecule has 1 aliphatic rings. The van der Waals surface area contributed by atoms with Gasteiger partial charge in [-0.2, -0.15) is 5.10 Å². The molecule has 1 aromatic carbocycles. The maximum absolute atomic E-state index is 12.2. The number of piperazine rings is 1. The molecule has 0 spiro atoms. The molecule has 0 saturated carbocycles. The molecule has 3 rings (SSSR count). The highest BCUT2D eigenvalue weighted by atomic mass is 16.2. The number of hydrogen-bond donors (Lipinski definition) is 1. The molecule has 134 valence electrons. The Morgan fingerprint density at radius 3 is 2.72 bits per heavy atom. The van der Waals surface area contributed by atoms with E-state index < -0.39 is 0 Å². The highest BCUT2D eigenvalue weighted by molar-refractivity contribution is 5.74. The number of carbonyl (C=O) groups excluding carboxylic acids is 1. The summed E-state index contributed by atoms with van der Waals surface area (Å²) in [5.74, 6) is 0. The normalized spacial score (nSPS) is 15.3. The number of hydrogen-bond acceptors (Lipinski definition) is 4. The summed E-state index contributed by atoms with van der Waals surface area (Å²) in [6.07, 6.45) is 4.06. The van der Waals surface area contributed by atoms with Gasteiger partial charge in [0.2, 0.25) is 0 Å². The number of nitrogens with zero attached hydrogens (tertiary/aromatic N) is 5. The predicted molar refractivity (Wildman–Crippen MR) is 96.1 cm³/mol. The van der Waals surface area contributed by atoms with E-state index in [1.807, 2.05) is 4.90 Å². The predicted octanol–water partition coefficient (Wildman–Crippen LogP) is 1.50. The SMILES string of the molecule is Cc1ccccc1CN1CCN(C(=O)NCCCn2cncn2)CC1. The van der Waals surface area contributed by atoms with Gasteiger partial charge in [0.05, 0.1) is 0 Å². The van der Waals surface area contributed by atoms with Gasteiger partial charge in [0.15, 0.2) is 0 Å². The van der Waals surface area contributed by atoms with Crippen molar-refractivity contribution in [3.8, 4) is 0 Å². The van der Waals surface area contributed by atoms with Crippen molar-refractivity contribution in [1.29, 1.82) is 0 Å². The van der Waals surface area contributed by atoms with Gasteiger partial charge in [-0.1, -0.05) is 24.3 Å². The molecule has 1 aliphatic heterocycles. The van der Waals surface area contributed by atoms with Gasteiger partial charge in [-0.25, -0.2) is 9.78 Å². The molecule has 2 amide bonds. The van der Waals surface area contributed by atoms with Crippen LogP contribution in [0.5, 0.6) is 0 Å². The van der Waals surface area contributed by atoms with Crippen molar-refractivity contribution < 1.29 is 4.79 Å². The molecule has 0 aliphatic carbocycles. The van der Waals surface area contributed by atoms with Crippen molar-refractivity contribution in [2.45, 2.75) is 26.4 Å². The van der Waals surface area contributed by atoms with Crippen LogP contribution in [0.4, 0.5) is 4.79 Å². The number of benzene rings is 1. The Labute approximate surface area is 148 Å². The van der Waals surface area contributed by atoms with Crippen molar-refractivity contribution in [2.75, 3.05) is 32.7 Å². The lowest BCUT2D eigenvalue weighted by Crippen LogP contribution is -2.51. The van der Waals surface area contributed by atoms with Crippen LogP contribution < -0.4 is 5.32 Å². The fourth-order valence-corrected chi connectivity index (χ4v) is 3.03. The number of carbonyl (C=O) groups is 1. The maximum atomic E-state index is 12.2. The van der Waals surface area contributed by atoms with Gasteiger partial charge in [-0.05, 0) is 24.5 Å². The molecule has 25 heavy (non-hydrogen) atoms. The standard InChI is InChI=1S/C18H26N6O/c1-16-5-2-3-6-17(16)13-22-9-11-23(12-10-22)18(25)20-7-4-8-24-15-19-14-21-24/h2-3,5-6,14-15H,4,7-13H2,1H3,(H,20,25). The summed E-state index contributed by atoms with van der Waals surface area (Å²) >= 11 is 0. The smallest absolute Gasteiger partial charge is 0.317 e.